The highest BCUT2D eigenvalue weighted by Crippen LogP contribution is 2.30. The summed E-state index contributed by atoms with van der Waals surface area (Å²) in [6, 6.07) is 5.03. The maximum absolute atomic E-state index is 12.1. The monoisotopic (exact) mass is 363 g/mol. The quantitative estimate of drug-likeness (QED) is 0.810. The Morgan fingerprint density at radius 3 is 2.44 bits per heavy atom. The molecule has 0 atom stereocenters. The fraction of sp³-hybridized carbons (Fsp3) is 0.412. The Labute approximate surface area is 149 Å². The third-order valence-electron chi connectivity index (χ3n) is 4.33. The molecule has 0 aliphatic carbocycles. The van der Waals surface area contributed by atoms with Gasteiger partial charge in [0.2, 0.25) is 23.6 Å². The standard InChI is InChI=1S/C17H18ClN3O4/c18-12-4-3-11(20-8-1-2-15(20)23)10-13(12)19-14(22)7-9-21-16(24)5-6-17(21)25/h3-4,10H,1-2,5-9H2,(H,19,22). The van der Waals surface area contributed by atoms with Gasteiger partial charge in [-0.3, -0.25) is 24.1 Å². The molecule has 1 aromatic rings. The predicted molar refractivity (Wildman–Crippen MR) is 92.2 cm³/mol. The highest BCUT2D eigenvalue weighted by Gasteiger charge is 2.29. The molecule has 1 aromatic carbocycles. The number of imide groups is 1. The highest BCUT2D eigenvalue weighted by molar-refractivity contribution is 6.33. The number of likely N-dealkylation sites (tertiary alicyclic amines) is 1. The maximum Gasteiger partial charge on any atom is 0.229 e. The minimum atomic E-state index is -0.348. The Hall–Kier alpha value is -2.41. The van der Waals surface area contributed by atoms with Gasteiger partial charge < -0.3 is 10.2 Å². The SMILES string of the molecule is O=C(CCN1C(=O)CCC1=O)Nc1cc(N2CCCC2=O)ccc1Cl. The second kappa shape index (κ2) is 7.23. The minimum absolute atomic E-state index is 0.000676. The molecule has 7 nitrogen and oxygen atoms in total. The van der Waals surface area contributed by atoms with E-state index in [-0.39, 0.29) is 49.4 Å². The molecule has 8 heteroatoms. The maximum atomic E-state index is 12.1. The van der Waals surface area contributed by atoms with Crippen molar-refractivity contribution in [1.82, 2.24) is 4.90 Å². The van der Waals surface area contributed by atoms with Gasteiger partial charge in [-0.1, -0.05) is 11.6 Å². The van der Waals surface area contributed by atoms with Crippen molar-refractivity contribution in [3.63, 3.8) is 0 Å². The van der Waals surface area contributed by atoms with Crippen molar-refractivity contribution in [1.29, 1.82) is 0 Å². The Morgan fingerprint density at radius 2 is 1.80 bits per heavy atom. The molecule has 2 aliphatic rings. The summed E-state index contributed by atoms with van der Waals surface area (Å²) in [4.78, 5) is 49.8. The topological polar surface area (TPSA) is 86.8 Å². The molecule has 2 aliphatic heterocycles. The van der Waals surface area contributed by atoms with E-state index >= 15 is 0 Å². The van der Waals surface area contributed by atoms with Gasteiger partial charge in [-0.2, -0.15) is 0 Å². The Kier molecular flexibility index (Phi) is 5.03. The summed E-state index contributed by atoms with van der Waals surface area (Å²) < 4.78 is 0. The van der Waals surface area contributed by atoms with Gasteiger partial charge in [0.1, 0.15) is 0 Å². The molecule has 132 valence electrons. The van der Waals surface area contributed by atoms with Crippen LogP contribution in [0.25, 0.3) is 0 Å². The number of benzene rings is 1. The van der Waals surface area contributed by atoms with Gasteiger partial charge in [0.15, 0.2) is 0 Å². The Morgan fingerprint density at radius 1 is 1.08 bits per heavy atom. The number of amides is 4. The number of carbonyl (C=O) groups is 4. The number of halogens is 1. The van der Waals surface area contributed by atoms with Crippen molar-refractivity contribution in [2.75, 3.05) is 23.3 Å². The lowest BCUT2D eigenvalue weighted by Gasteiger charge is -2.18. The van der Waals surface area contributed by atoms with Crippen molar-refractivity contribution in [3.8, 4) is 0 Å². The normalized spacial score (nSPS) is 17.6. The molecule has 0 aromatic heterocycles. The summed E-state index contributed by atoms with van der Waals surface area (Å²) in [7, 11) is 0. The minimum Gasteiger partial charge on any atom is -0.325 e. The summed E-state index contributed by atoms with van der Waals surface area (Å²) >= 11 is 6.12. The first-order valence-electron chi connectivity index (χ1n) is 8.18. The van der Waals surface area contributed by atoms with Crippen molar-refractivity contribution in [3.05, 3.63) is 23.2 Å². The second-order valence-electron chi connectivity index (χ2n) is 6.05. The summed E-state index contributed by atoms with van der Waals surface area (Å²) in [5.41, 5.74) is 1.09. The largest absolute Gasteiger partial charge is 0.325 e. The summed E-state index contributed by atoms with van der Waals surface area (Å²) in [5.74, 6) is -0.791. The molecule has 25 heavy (non-hydrogen) atoms. The van der Waals surface area contributed by atoms with Crippen LogP contribution in [-0.2, 0) is 19.2 Å². The average Bonchev–Trinajstić information content (AvgIpc) is 3.14. The van der Waals surface area contributed by atoms with E-state index < -0.39 is 0 Å². The van der Waals surface area contributed by atoms with E-state index in [0.29, 0.717) is 29.4 Å². The van der Waals surface area contributed by atoms with Gasteiger partial charge in [0.25, 0.3) is 0 Å². The van der Waals surface area contributed by atoms with Crippen molar-refractivity contribution < 1.29 is 19.2 Å². The van der Waals surface area contributed by atoms with Crippen LogP contribution in [-0.4, -0.2) is 41.6 Å². The third kappa shape index (κ3) is 3.82. The molecule has 4 amide bonds. The number of carbonyl (C=O) groups excluding carboxylic acids is 4. The lowest BCUT2D eigenvalue weighted by Crippen LogP contribution is -2.32. The number of nitrogens with one attached hydrogen (secondary N) is 1. The first-order chi connectivity index (χ1) is 12.0. The highest BCUT2D eigenvalue weighted by atomic mass is 35.5. The molecule has 2 saturated heterocycles. The van der Waals surface area contributed by atoms with Crippen LogP contribution >= 0.6 is 11.6 Å². The molecule has 2 fully saturated rings. The Bertz CT molecular complexity index is 733. The van der Waals surface area contributed by atoms with Crippen LogP contribution < -0.4 is 10.2 Å². The molecule has 0 bridgehead atoms. The first kappa shape index (κ1) is 17.4. The molecule has 0 unspecified atom stereocenters. The van der Waals surface area contributed by atoms with Crippen LogP contribution in [0, 0.1) is 0 Å². The van der Waals surface area contributed by atoms with Crippen molar-refractivity contribution >= 4 is 46.6 Å². The van der Waals surface area contributed by atoms with E-state index in [0.717, 1.165) is 11.3 Å². The van der Waals surface area contributed by atoms with E-state index in [1.54, 1.807) is 23.1 Å². The molecular weight excluding hydrogens is 346 g/mol. The molecule has 3 rings (SSSR count). The molecule has 0 spiro atoms. The van der Waals surface area contributed by atoms with Crippen molar-refractivity contribution in [2.45, 2.75) is 32.1 Å². The van der Waals surface area contributed by atoms with Gasteiger partial charge in [0.05, 0.1) is 10.7 Å². The number of rotatable bonds is 5. The predicted octanol–water partition coefficient (Wildman–Crippen LogP) is 1.94. The summed E-state index contributed by atoms with van der Waals surface area (Å²) in [6.45, 7) is 0.707. The number of hydrogen-bond acceptors (Lipinski definition) is 4. The molecular formula is C17H18ClN3O4. The van der Waals surface area contributed by atoms with Gasteiger partial charge in [-0.15, -0.1) is 0 Å². The number of nitrogens with zero attached hydrogens (tertiary/aromatic N) is 2. The van der Waals surface area contributed by atoms with Crippen LogP contribution in [0.2, 0.25) is 5.02 Å². The molecule has 1 N–H and O–H groups in total. The van der Waals surface area contributed by atoms with E-state index in [2.05, 4.69) is 5.32 Å². The lowest BCUT2D eigenvalue weighted by molar-refractivity contribution is -0.138. The van der Waals surface area contributed by atoms with E-state index in [1.165, 1.54) is 0 Å². The van der Waals surface area contributed by atoms with Crippen LogP contribution in [0.15, 0.2) is 18.2 Å². The van der Waals surface area contributed by atoms with Gasteiger partial charge in [-0.25, -0.2) is 0 Å². The molecule has 0 radical (unpaired) electrons. The summed E-state index contributed by atoms with van der Waals surface area (Å²) in [5, 5.41) is 3.04. The van der Waals surface area contributed by atoms with Gasteiger partial charge in [0, 0.05) is 44.5 Å². The Balaban J connectivity index is 1.63. The van der Waals surface area contributed by atoms with Crippen LogP contribution in [0.4, 0.5) is 11.4 Å². The first-order valence-corrected chi connectivity index (χ1v) is 8.56. The van der Waals surface area contributed by atoms with E-state index in [9.17, 15) is 19.2 Å². The summed E-state index contributed by atoms with van der Waals surface area (Å²) in [6.07, 6.45) is 1.74. The van der Waals surface area contributed by atoms with Crippen molar-refractivity contribution in [2.24, 2.45) is 0 Å². The van der Waals surface area contributed by atoms with Gasteiger partial charge in [-0.05, 0) is 24.6 Å². The zero-order valence-electron chi connectivity index (χ0n) is 13.6. The fourth-order valence-corrected chi connectivity index (χ4v) is 3.16. The fourth-order valence-electron chi connectivity index (χ4n) is 3.00. The van der Waals surface area contributed by atoms with E-state index in [4.69, 9.17) is 11.6 Å². The lowest BCUT2D eigenvalue weighted by atomic mass is 10.2. The van der Waals surface area contributed by atoms with Crippen LogP contribution in [0.1, 0.15) is 32.1 Å². The smallest absolute Gasteiger partial charge is 0.229 e. The number of anilines is 2. The van der Waals surface area contributed by atoms with Crippen LogP contribution in [0.3, 0.4) is 0 Å². The number of hydrogen-bond donors (Lipinski definition) is 1. The third-order valence-corrected chi connectivity index (χ3v) is 4.66. The zero-order chi connectivity index (χ0) is 18.0. The van der Waals surface area contributed by atoms with Gasteiger partial charge >= 0.3 is 0 Å². The van der Waals surface area contributed by atoms with Crippen LogP contribution in [0.5, 0.6) is 0 Å². The molecule has 0 saturated carbocycles. The second-order valence-corrected chi connectivity index (χ2v) is 6.46. The van der Waals surface area contributed by atoms with E-state index in [1.807, 2.05) is 0 Å². The zero-order valence-corrected chi connectivity index (χ0v) is 14.3. The molecule has 2 heterocycles. The average molecular weight is 364 g/mol.